The zero-order chi connectivity index (χ0) is 18.1. The zero-order valence-electron chi connectivity index (χ0n) is 15.0. The van der Waals surface area contributed by atoms with Crippen LogP contribution < -0.4 is 5.32 Å². The lowest BCUT2D eigenvalue weighted by atomic mass is 10.2. The minimum Gasteiger partial charge on any atom is -0.481 e. The average molecular weight is 344 g/mol. The monoisotopic (exact) mass is 344 g/mol. The molecular weight excluding hydrogens is 316 g/mol. The topological polar surface area (TPSA) is 71.3 Å². The Bertz CT molecular complexity index is 706. The molecule has 0 fully saturated rings. The highest BCUT2D eigenvalue weighted by Gasteiger charge is 2.06. The number of nitrogens with one attached hydrogen (secondary N) is 1. The summed E-state index contributed by atoms with van der Waals surface area (Å²) in [6, 6.07) is 8.05. The number of benzene rings is 1. The number of aryl methyl sites for hydroxylation is 1. The summed E-state index contributed by atoms with van der Waals surface area (Å²) in [6.07, 6.45) is 8.54. The van der Waals surface area contributed by atoms with Gasteiger partial charge in [0.1, 0.15) is 0 Å². The van der Waals surface area contributed by atoms with Crippen LogP contribution in [0.4, 0.5) is 5.69 Å². The second-order valence-electron chi connectivity index (χ2n) is 6.49. The molecule has 0 radical (unpaired) electrons. The fourth-order valence-electron chi connectivity index (χ4n) is 2.95. The summed E-state index contributed by atoms with van der Waals surface area (Å²) in [5.74, 6) is -0.662. The summed E-state index contributed by atoms with van der Waals surface area (Å²) in [6.45, 7) is 2.98. The van der Waals surface area contributed by atoms with Crippen LogP contribution >= 0.6 is 0 Å². The van der Waals surface area contributed by atoms with E-state index in [9.17, 15) is 9.59 Å². The van der Waals surface area contributed by atoms with Crippen LogP contribution in [0.2, 0.25) is 0 Å². The van der Waals surface area contributed by atoms with Crippen molar-refractivity contribution in [2.24, 2.45) is 0 Å². The molecule has 0 aliphatic rings. The molecule has 1 aromatic carbocycles. The molecular formula is C20H28N2O3. The van der Waals surface area contributed by atoms with Crippen molar-refractivity contribution in [2.75, 3.05) is 5.32 Å². The van der Waals surface area contributed by atoms with E-state index in [0.717, 1.165) is 55.2 Å². The number of nitrogens with zero attached hydrogens (tertiary/aromatic N) is 1. The Morgan fingerprint density at radius 2 is 1.84 bits per heavy atom. The number of hydrogen-bond donors (Lipinski definition) is 2. The molecule has 1 aromatic heterocycles. The highest BCUT2D eigenvalue weighted by atomic mass is 16.4. The lowest BCUT2D eigenvalue weighted by molar-refractivity contribution is -0.137. The second kappa shape index (κ2) is 9.87. The van der Waals surface area contributed by atoms with E-state index in [4.69, 9.17) is 5.11 Å². The van der Waals surface area contributed by atoms with Gasteiger partial charge in [-0.15, -0.1) is 0 Å². The molecule has 25 heavy (non-hydrogen) atoms. The van der Waals surface area contributed by atoms with Gasteiger partial charge in [-0.2, -0.15) is 0 Å². The molecule has 136 valence electrons. The molecule has 5 nitrogen and oxygen atoms in total. The maximum Gasteiger partial charge on any atom is 0.303 e. The third-order valence-electron chi connectivity index (χ3n) is 4.35. The van der Waals surface area contributed by atoms with Crippen LogP contribution in [0.25, 0.3) is 10.9 Å². The number of anilines is 1. The predicted molar refractivity (Wildman–Crippen MR) is 101 cm³/mol. The van der Waals surface area contributed by atoms with E-state index in [0.29, 0.717) is 12.8 Å². The van der Waals surface area contributed by atoms with Crippen LogP contribution in [0.15, 0.2) is 30.5 Å². The highest BCUT2D eigenvalue weighted by Crippen LogP contribution is 2.21. The van der Waals surface area contributed by atoms with Gasteiger partial charge in [-0.25, -0.2) is 0 Å². The zero-order valence-corrected chi connectivity index (χ0v) is 15.0. The van der Waals surface area contributed by atoms with E-state index in [1.165, 1.54) is 0 Å². The largest absolute Gasteiger partial charge is 0.481 e. The second-order valence-corrected chi connectivity index (χ2v) is 6.49. The molecule has 2 rings (SSSR count). The average Bonchev–Trinajstić information content (AvgIpc) is 2.97. The van der Waals surface area contributed by atoms with Gasteiger partial charge in [-0.05, 0) is 42.8 Å². The minimum atomic E-state index is -0.731. The number of unbranched alkanes of at least 4 members (excludes halogenated alkanes) is 4. The molecule has 2 N–H and O–H groups in total. The molecule has 0 spiro atoms. The highest BCUT2D eigenvalue weighted by molar-refractivity contribution is 5.93. The van der Waals surface area contributed by atoms with Crippen LogP contribution in [0.1, 0.15) is 58.3 Å². The maximum atomic E-state index is 12.0. The number of carboxylic acid groups (broad SMARTS) is 1. The summed E-state index contributed by atoms with van der Waals surface area (Å²) in [4.78, 5) is 22.5. The number of carboxylic acids is 1. The maximum absolute atomic E-state index is 12.0. The number of aromatic nitrogens is 1. The third-order valence-corrected chi connectivity index (χ3v) is 4.35. The van der Waals surface area contributed by atoms with Crippen molar-refractivity contribution in [3.8, 4) is 0 Å². The summed E-state index contributed by atoms with van der Waals surface area (Å²) in [5.41, 5.74) is 1.93. The molecule has 1 heterocycles. The Kier molecular flexibility index (Phi) is 7.51. The van der Waals surface area contributed by atoms with E-state index in [1.54, 1.807) is 0 Å². The van der Waals surface area contributed by atoms with Gasteiger partial charge in [0.05, 0.1) is 5.52 Å². The number of carbonyl (C=O) groups excluding carboxylic acids is 1. The van der Waals surface area contributed by atoms with E-state index in [1.807, 2.05) is 18.2 Å². The fourth-order valence-corrected chi connectivity index (χ4v) is 2.95. The molecule has 0 saturated carbocycles. The van der Waals surface area contributed by atoms with Crippen molar-refractivity contribution in [1.29, 1.82) is 0 Å². The summed E-state index contributed by atoms with van der Waals surface area (Å²) in [5, 5.41) is 12.8. The van der Waals surface area contributed by atoms with Crippen LogP contribution in [-0.4, -0.2) is 21.6 Å². The van der Waals surface area contributed by atoms with E-state index in [-0.39, 0.29) is 12.3 Å². The van der Waals surface area contributed by atoms with Crippen LogP contribution in [-0.2, 0) is 16.1 Å². The number of aliphatic carboxylic acids is 1. The number of amides is 1. The molecule has 0 aliphatic heterocycles. The van der Waals surface area contributed by atoms with Crippen molar-refractivity contribution in [1.82, 2.24) is 4.57 Å². The molecule has 0 saturated heterocycles. The van der Waals surface area contributed by atoms with Gasteiger partial charge in [0.2, 0.25) is 5.91 Å². The van der Waals surface area contributed by atoms with Crippen molar-refractivity contribution in [3.05, 3.63) is 30.5 Å². The minimum absolute atomic E-state index is 0.0691. The van der Waals surface area contributed by atoms with Crippen molar-refractivity contribution < 1.29 is 14.7 Å². The number of carbonyl (C=O) groups is 2. The molecule has 2 aromatic rings. The number of rotatable bonds is 11. The molecule has 0 unspecified atom stereocenters. The molecule has 0 aliphatic carbocycles. The Balaban J connectivity index is 1.91. The van der Waals surface area contributed by atoms with E-state index < -0.39 is 5.97 Å². The van der Waals surface area contributed by atoms with Crippen LogP contribution in [0.5, 0.6) is 0 Å². The number of fused-ring (bicyclic) bond motifs is 1. The molecule has 0 bridgehead atoms. The summed E-state index contributed by atoms with van der Waals surface area (Å²) >= 11 is 0. The Hall–Kier alpha value is -2.30. The first-order valence-electron chi connectivity index (χ1n) is 9.20. The van der Waals surface area contributed by atoms with Gasteiger partial charge in [0.15, 0.2) is 0 Å². The predicted octanol–water partition coefficient (Wildman–Crippen LogP) is 4.81. The molecule has 1 amide bonds. The first kappa shape index (κ1) is 19.0. The quantitative estimate of drug-likeness (QED) is 0.575. The lowest BCUT2D eigenvalue weighted by Crippen LogP contribution is -2.11. The standard InChI is InChI=1S/C20H28N2O3/c1-2-3-5-8-19(23)21-17-11-10-16-12-14-22(18(16)15-17)13-7-4-6-9-20(24)25/h10-12,14-15H,2-9,13H2,1H3,(H,21,23)(H,24,25). The lowest BCUT2D eigenvalue weighted by Gasteiger charge is -2.08. The van der Waals surface area contributed by atoms with Gasteiger partial charge in [0.25, 0.3) is 0 Å². The Morgan fingerprint density at radius 1 is 1.04 bits per heavy atom. The Morgan fingerprint density at radius 3 is 2.60 bits per heavy atom. The van der Waals surface area contributed by atoms with Crippen LogP contribution in [0, 0.1) is 0 Å². The van der Waals surface area contributed by atoms with Crippen molar-refractivity contribution in [3.63, 3.8) is 0 Å². The summed E-state index contributed by atoms with van der Waals surface area (Å²) < 4.78 is 2.17. The van der Waals surface area contributed by atoms with Gasteiger partial charge >= 0.3 is 5.97 Å². The van der Waals surface area contributed by atoms with Gasteiger partial charge in [-0.3, -0.25) is 9.59 Å². The number of hydrogen-bond acceptors (Lipinski definition) is 2. The van der Waals surface area contributed by atoms with Gasteiger partial charge in [-0.1, -0.05) is 32.3 Å². The smallest absolute Gasteiger partial charge is 0.303 e. The van der Waals surface area contributed by atoms with Crippen molar-refractivity contribution in [2.45, 2.75) is 64.8 Å². The van der Waals surface area contributed by atoms with E-state index in [2.05, 4.69) is 29.1 Å². The summed E-state index contributed by atoms with van der Waals surface area (Å²) in [7, 11) is 0. The van der Waals surface area contributed by atoms with Crippen LogP contribution in [0.3, 0.4) is 0 Å². The first-order chi connectivity index (χ1) is 12.1. The Labute approximate surface area is 149 Å². The fraction of sp³-hybridized carbons (Fsp3) is 0.500. The molecule has 0 atom stereocenters. The first-order valence-corrected chi connectivity index (χ1v) is 9.20. The molecule has 5 heteroatoms. The normalized spacial score (nSPS) is 10.9. The van der Waals surface area contributed by atoms with E-state index >= 15 is 0 Å². The van der Waals surface area contributed by atoms with Gasteiger partial charge in [0, 0.05) is 31.3 Å². The SMILES string of the molecule is CCCCCC(=O)Nc1ccc2ccn(CCCCCC(=O)O)c2c1. The van der Waals surface area contributed by atoms with Gasteiger partial charge < -0.3 is 15.0 Å². The van der Waals surface area contributed by atoms with Crippen molar-refractivity contribution >= 4 is 28.5 Å². The third kappa shape index (κ3) is 6.25.